The second kappa shape index (κ2) is 14.4. The maximum Gasteiger partial charge on any atom is 0.124 e. The summed E-state index contributed by atoms with van der Waals surface area (Å²) >= 11 is 0. The van der Waals surface area contributed by atoms with Crippen LogP contribution in [0.15, 0.2) is 40.7 Å². The van der Waals surface area contributed by atoms with Crippen molar-refractivity contribution in [1.29, 1.82) is 0 Å². The average Bonchev–Trinajstić information content (AvgIpc) is 2.81. The van der Waals surface area contributed by atoms with Gasteiger partial charge in [-0.3, -0.25) is 0 Å². The normalized spacial score (nSPS) is 22.7. The molecular weight excluding hydrogens is 428 g/mol. The molecule has 0 fully saturated rings. The van der Waals surface area contributed by atoms with E-state index in [0.717, 1.165) is 85.8 Å². The Morgan fingerprint density at radius 1 is 0.706 bits per heavy atom. The lowest BCUT2D eigenvalue weighted by atomic mass is 9.95. The molecule has 0 aromatic heterocycles. The second-order valence-corrected chi connectivity index (χ2v) is 9.09. The molecular formula is C26H42N6O2. The molecule has 1 aromatic carbocycles. The van der Waals surface area contributed by atoms with Crippen molar-refractivity contribution < 1.29 is 10.2 Å². The number of benzene rings is 1. The summed E-state index contributed by atoms with van der Waals surface area (Å²) in [7, 11) is 0. The highest BCUT2D eigenvalue weighted by Crippen LogP contribution is 2.24. The molecule has 0 radical (unpaired) electrons. The van der Waals surface area contributed by atoms with Crippen LogP contribution in [0.5, 0.6) is 5.75 Å². The van der Waals surface area contributed by atoms with Crippen molar-refractivity contribution in [1.82, 2.24) is 31.9 Å². The van der Waals surface area contributed by atoms with Gasteiger partial charge in [0.1, 0.15) is 11.9 Å². The summed E-state index contributed by atoms with van der Waals surface area (Å²) in [5.74, 6) is 0.384. The molecule has 3 rings (SSSR count). The minimum absolute atomic E-state index is 0.384. The number of aliphatic hydroxyl groups is 1. The van der Waals surface area contributed by atoms with E-state index in [4.69, 9.17) is 0 Å². The van der Waals surface area contributed by atoms with Crippen molar-refractivity contribution in [2.75, 3.05) is 65.4 Å². The van der Waals surface area contributed by atoms with Gasteiger partial charge in [0.15, 0.2) is 0 Å². The van der Waals surface area contributed by atoms with Crippen LogP contribution < -0.4 is 31.9 Å². The molecule has 0 saturated carbocycles. The number of hydrogen-bond acceptors (Lipinski definition) is 8. The lowest BCUT2D eigenvalue weighted by Crippen LogP contribution is -2.36. The fourth-order valence-electron chi connectivity index (χ4n) is 4.29. The first kappa shape index (κ1) is 26.6. The van der Waals surface area contributed by atoms with Crippen molar-refractivity contribution in [3.05, 3.63) is 57.3 Å². The van der Waals surface area contributed by atoms with Gasteiger partial charge in [-0.25, -0.2) is 0 Å². The highest BCUT2D eigenvalue weighted by Gasteiger charge is 2.18. The number of aliphatic hydroxyl groups excluding tert-OH is 1. The van der Waals surface area contributed by atoms with Crippen LogP contribution in [0.25, 0.3) is 0 Å². The van der Waals surface area contributed by atoms with Gasteiger partial charge in [0.05, 0.1) is 0 Å². The van der Waals surface area contributed by atoms with Crippen molar-refractivity contribution in [3.8, 4) is 5.75 Å². The Morgan fingerprint density at radius 3 is 1.74 bits per heavy atom. The van der Waals surface area contributed by atoms with E-state index < -0.39 is 6.10 Å². The maximum atomic E-state index is 10.7. The lowest BCUT2D eigenvalue weighted by molar-refractivity contribution is 0.238. The third-order valence-electron chi connectivity index (χ3n) is 6.04. The molecule has 0 saturated heterocycles. The number of allylic oxidation sites excluding steroid dienone is 1. The zero-order valence-electron chi connectivity index (χ0n) is 20.7. The van der Waals surface area contributed by atoms with Gasteiger partial charge in [-0.15, -0.1) is 5.73 Å². The van der Waals surface area contributed by atoms with E-state index in [1.165, 1.54) is 0 Å². The van der Waals surface area contributed by atoms with Gasteiger partial charge in [0.2, 0.25) is 0 Å². The third kappa shape index (κ3) is 8.65. The molecule has 1 aromatic rings. The van der Waals surface area contributed by atoms with E-state index in [0.29, 0.717) is 31.9 Å². The van der Waals surface area contributed by atoms with Crippen LogP contribution >= 0.6 is 0 Å². The summed E-state index contributed by atoms with van der Waals surface area (Å²) < 4.78 is 0. The van der Waals surface area contributed by atoms with Crippen LogP contribution in [-0.4, -0.2) is 81.8 Å². The van der Waals surface area contributed by atoms with Gasteiger partial charge < -0.3 is 42.1 Å². The van der Waals surface area contributed by atoms with Gasteiger partial charge in [-0.2, -0.15) is 0 Å². The van der Waals surface area contributed by atoms with Crippen molar-refractivity contribution in [3.63, 3.8) is 0 Å². The molecule has 1 aliphatic heterocycles. The van der Waals surface area contributed by atoms with Crippen LogP contribution in [-0.2, 0) is 13.1 Å². The summed E-state index contributed by atoms with van der Waals surface area (Å²) in [6, 6.07) is 4.10. The molecule has 1 unspecified atom stereocenters. The Balaban J connectivity index is 1.54. The predicted octanol–water partition coefficient (Wildman–Crippen LogP) is 0.0243. The van der Waals surface area contributed by atoms with Crippen LogP contribution in [0.2, 0.25) is 0 Å². The SMILES string of the molecule is CC1=C=C2CNCCNCCNCc3cc(C)cc(c3O)CNCCNCCNCC(=C1)C2O. The summed E-state index contributed by atoms with van der Waals surface area (Å²) in [6.45, 7) is 13.3. The third-order valence-corrected chi connectivity index (χ3v) is 6.04. The molecule has 34 heavy (non-hydrogen) atoms. The highest BCUT2D eigenvalue weighted by molar-refractivity contribution is 5.43. The minimum atomic E-state index is -0.583. The number of phenols is 1. The number of aromatic hydroxyl groups is 1. The zero-order chi connectivity index (χ0) is 24.2. The largest absolute Gasteiger partial charge is 0.507 e. The van der Waals surface area contributed by atoms with Gasteiger partial charge in [-0.05, 0) is 31.1 Å². The Kier molecular flexibility index (Phi) is 11.3. The van der Waals surface area contributed by atoms with Crippen LogP contribution in [0, 0.1) is 6.92 Å². The maximum absolute atomic E-state index is 10.7. The smallest absolute Gasteiger partial charge is 0.124 e. The number of phenolic OH excluding ortho intramolecular Hbond substituents is 1. The van der Waals surface area contributed by atoms with Gasteiger partial charge in [0.25, 0.3) is 0 Å². The molecule has 4 bridgehead atoms. The molecule has 1 aliphatic carbocycles. The summed E-state index contributed by atoms with van der Waals surface area (Å²) in [5, 5.41) is 41.9. The summed E-state index contributed by atoms with van der Waals surface area (Å²) in [4.78, 5) is 0. The van der Waals surface area contributed by atoms with E-state index >= 15 is 0 Å². The van der Waals surface area contributed by atoms with E-state index in [9.17, 15) is 10.2 Å². The number of hydrogen-bond donors (Lipinski definition) is 8. The molecule has 188 valence electrons. The van der Waals surface area contributed by atoms with Gasteiger partial charge >= 0.3 is 0 Å². The first-order valence-electron chi connectivity index (χ1n) is 12.4. The van der Waals surface area contributed by atoms with Gasteiger partial charge in [-0.1, -0.05) is 17.7 Å². The highest BCUT2D eigenvalue weighted by atomic mass is 16.3. The Labute approximate surface area is 204 Å². The van der Waals surface area contributed by atoms with E-state index in [1.54, 1.807) is 0 Å². The average molecular weight is 471 g/mol. The Morgan fingerprint density at radius 2 is 1.18 bits per heavy atom. The second-order valence-electron chi connectivity index (χ2n) is 9.09. The Bertz CT molecular complexity index is 892. The van der Waals surface area contributed by atoms with Crippen LogP contribution in [0.3, 0.4) is 0 Å². The first-order valence-corrected chi connectivity index (χ1v) is 12.4. The fourth-order valence-corrected chi connectivity index (χ4v) is 4.29. The molecule has 8 heteroatoms. The number of nitrogens with one attached hydrogen (secondary N) is 6. The Hall–Kier alpha value is -2.00. The standard InChI is InChI=1S/C26H42N6O2/c1-19-11-21-15-29-7-3-27-5-9-31-17-23-13-20(2)14-24(26(23)34)18-32-10-6-28-4-8-30-16-22(12-19)25(21)33/h11-13,26-34H,3-10,15-18H2,1-2H3. The van der Waals surface area contributed by atoms with Crippen LogP contribution in [0.4, 0.5) is 0 Å². The van der Waals surface area contributed by atoms with Crippen molar-refractivity contribution >= 4 is 0 Å². The molecule has 8 N–H and O–H groups in total. The van der Waals surface area contributed by atoms with Crippen molar-refractivity contribution in [2.24, 2.45) is 0 Å². The molecule has 8 nitrogen and oxygen atoms in total. The van der Waals surface area contributed by atoms with E-state index in [2.05, 4.69) is 44.6 Å². The molecule has 0 amide bonds. The topological polar surface area (TPSA) is 113 Å². The number of fused-ring (bicyclic) bond motifs is 4. The quantitative estimate of drug-likeness (QED) is 0.251. The van der Waals surface area contributed by atoms with Crippen LogP contribution in [0.1, 0.15) is 23.6 Å². The molecule has 2 aliphatic rings. The first-order chi connectivity index (χ1) is 16.5. The fraction of sp³-hybridized carbons (Fsp3) is 0.577. The van der Waals surface area contributed by atoms with E-state index in [1.807, 2.05) is 25.1 Å². The minimum Gasteiger partial charge on any atom is -0.507 e. The zero-order valence-corrected chi connectivity index (χ0v) is 20.7. The lowest BCUT2D eigenvalue weighted by Gasteiger charge is -2.21. The summed E-state index contributed by atoms with van der Waals surface area (Å²) in [6.07, 6.45) is 1.45. The number of rotatable bonds is 0. The monoisotopic (exact) mass is 470 g/mol. The molecule has 1 atom stereocenters. The summed E-state index contributed by atoms with van der Waals surface area (Å²) in [5.41, 5.74) is 9.30. The number of aryl methyl sites for hydroxylation is 1. The van der Waals surface area contributed by atoms with E-state index in [-0.39, 0.29) is 0 Å². The van der Waals surface area contributed by atoms with Gasteiger partial charge in [0, 0.05) is 95.2 Å². The predicted molar refractivity (Wildman–Crippen MR) is 138 cm³/mol. The molecule has 1 heterocycles. The molecule has 0 spiro atoms. The van der Waals surface area contributed by atoms with Crippen molar-refractivity contribution in [2.45, 2.75) is 33.0 Å².